The molecule has 0 aromatic heterocycles. The van der Waals surface area contributed by atoms with Crippen LogP contribution in [-0.4, -0.2) is 50.8 Å². The van der Waals surface area contributed by atoms with Crippen molar-refractivity contribution in [1.29, 1.82) is 0 Å². The first-order valence-corrected chi connectivity index (χ1v) is 26.2. The molecule has 4 unspecified atom stereocenters. The summed E-state index contributed by atoms with van der Waals surface area (Å²) in [5.74, 6) is 5.59. The molecule has 392 valence electrons. The topological polar surface area (TPSA) is 48.6 Å². The summed E-state index contributed by atoms with van der Waals surface area (Å²) < 4.78 is 5.19. The molecule has 0 radical (unpaired) electrons. The molecule has 3 rings (SSSR count). The predicted octanol–water partition coefficient (Wildman–Crippen LogP) is 17.5. The fraction of sp³-hybridized carbons (Fsp3) is 0.587. The number of hydrogen-bond acceptors (Lipinski definition) is 5. The Morgan fingerprint density at radius 2 is 1.34 bits per heavy atom. The normalized spacial score (nSPS) is 13.6. The van der Waals surface area contributed by atoms with E-state index in [1.807, 2.05) is 60.0 Å². The van der Waals surface area contributed by atoms with Crippen LogP contribution in [0.1, 0.15) is 171 Å². The van der Waals surface area contributed by atoms with Gasteiger partial charge in [0.25, 0.3) is 0 Å². The quantitative estimate of drug-likeness (QED) is 0.0701. The van der Waals surface area contributed by atoms with E-state index in [-0.39, 0.29) is 0 Å². The minimum atomic E-state index is 0.291. The largest absolute Gasteiger partial charge is 0.379 e. The molecule has 1 aliphatic carbocycles. The molecule has 5 heteroatoms. The molecule has 0 heterocycles. The highest BCUT2D eigenvalue weighted by atomic mass is 16.5. The van der Waals surface area contributed by atoms with E-state index in [9.17, 15) is 0 Å². The maximum Gasteiger partial charge on any atom is 0.0518 e. The number of hydrogen-bond donors (Lipinski definition) is 3. The predicted molar refractivity (Wildman–Crippen MR) is 316 cm³/mol. The summed E-state index contributed by atoms with van der Waals surface area (Å²) in [6.07, 6.45) is 25.6. The Bertz CT molecular complexity index is 1460. The van der Waals surface area contributed by atoms with Gasteiger partial charge >= 0.3 is 0 Å². The molecule has 0 amide bonds. The van der Waals surface area contributed by atoms with Gasteiger partial charge in [-0.25, -0.2) is 5.43 Å². The number of allylic oxidation sites excluding steroid dienone is 3. The van der Waals surface area contributed by atoms with Crippen molar-refractivity contribution in [3.05, 3.63) is 141 Å². The maximum absolute atomic E-state index is 5.19. The van der Waals surface area contributed by atoms with Crippen LogP contribution in [0.25, 0.3) is 0 Å². The van der Waals surface area contributed by atoms with Gasteiger partial charge < -0.3 is 20.4 Å². The summed E-state index contributed by atoms with van der Waals surface area (Å²) in [5, 5.41) is 3.13. The highest BCUT2D eigenvalue weighted by Crippen LogP contribution is 2.27. The Kier molecular flexibility index (Phi) is 61.6. The Morgan fingerprint density at radius 3 is 1.65 bits per heavy atom. The molecule has 4 atom stereocenters. The number of ether oxygens (including phenoxy) is 1. The van der Waals surface area contributed by atoms with Gasteiger partial charge in [-0.3, -0.25) is 0 Å². The number of hydrazine groups is 1. The van der Waals surface area contributed by atoms with Gasteiger partial charge in [0.2, 0.25) is 0 Å². The van der Waals surface area contributed by atoms with Crippen molar-refractivity contribution in [2.45, 2.75) is 193 Å². The number of anilines is 1. The molecule has 1 fully saturated rings. The minimum Gasteiger partial charge on any atom is -0.379 e. The van der Waals surface area contributed by atoms with E-state index < -0.39 is 0 Å². The number of aryl methyl sites for hydroxylation is 2. The monoisotopic (exact) mass is 943 g/mol. The number of benzene rings is 2. The van der Waals surface area contributed by atoms with Crippen molar-refractivity contribution in [3.8, 4) is 12.3 Å². The Morgan fingerprint density at radius 1 is 0.809 bits per heavy atom. The van der Waals surface area contributed by atoms with Crippen LogP contribution in [0.3, 0.4) is 0 Å². The second-order valence-electron chi connectivity index (χ2n) is 17.5. The van der Waals surface area contributed by atoms with Gasteiger partial charge in [0.15, 0.2) is 0 Å². The first-order chi connectivity index (χ1) is 32.5. The number of nitrogens with zero attached hydrogens (tertiary/aromatic N) is 1. The van der Waals surface area contributed by atoms with Crippen molar-refractivity contribution in [2.24, 2.45) is 23.7 Å². The van der Waals surface area contributed by atoms with Crippen molar-refractivity contribution in [3.63, 3.8) is 0 Å². The Labute approximate surface area is 426 Å². The third-order valence-electron chi connectivity index (χ3n) is 10.5. The highest BCUT2D eigenvalue weighted by molar-refractivity contribution is 5.48. The molecule has 0 saturated heterocycles. The Balaban J connectivity index is -0.000000177. The average molecular weight is 944 g/mol. The molecular formula is C63H114N4O. The molecule has 0 aliphatic heterocycles. The van der Waals surface area contributed by atoms with E-state index in [1.165, 1.54) is 60.4 Å². The summed E-state index contributed by atoms with van der Waals surface area (Å²) >= 11 is 0. The number of rotatable bonds is 20. The van der Waals surface area contributed by atoms with Crippen molar-refractivity contribution in [1.82, 2.24) is 15.6 Å². The van der Waals surface area contributed by atoms with Crippen LogP contribution in [0.5, 0.6) is 0 Å². The lowest BCUT2D eigenvalue weighted by Crippen LogP contribution is -2.30. The minimum absolute atomic E-state index is 0.291. The maximum atomic E-state index is 5.19. The van der Waals surface area contributed by atoms with Crippen LogP contribution >= 0.6 is 0 Å². The van der Waals surface area contributed by atoms with E-state index >= 15 is 0 Å². The van der Waals surface area contributed by atoms with E-state index in [4.69, 9.17) is 4.74 Å². The van der Waals surface area contributed by atoms with Crippen molar-refractivity contribution >= 4 is 5.69 Å². The van der Waals surface area contributed by atoms with E-state index in [2.05, 4.69) is 205 Å². The first kappa shape index (κ1) is 75.4. The molecule has 0 bridgehead atoms. The van der Waals surface area contributed by atoms with Gasteiger partial charge in [0.05, 0.1) is 12.1 Å². The summed E-state index contributed by atoms with van der Waals surface area (Å²) in [7, 11) is 5.93. The molecule has 5 nitrogen and oxygen atoms in total. The third-order valence-corrected chi connectivity index (χ3v) is 10.5. The number of terminal acetylenes is 1. The summed E-state index contributed by atoms with van der Waals surface area (Å²) in [5.41, 5.74) is 14.0. The second-order valence-corrected chi connectivity index (χ2v) is 17.5. The number of likely N-dealkylation sites (N-methyl/N-ethyl adjacent to an activating group) is 2. The molecular weight excluding hydrogens is 829 g/mol. The van der Waals surface area contributed by atoms with Gasteiger partial charge in [0, 0.05) is 38.1 Å². The van der Waals surface area contributed by atoms with Crippen LogP contribution in [0.4, 0.5) is 5.69 Å². The summed E-state index contributed by atoms with van der Waals surface area (Å²) in [6, 6.07) is 16.2. The van der Waals surface area contributed by atoms with Crippen molar-refractivity contribution < 1.29 is 4.74 Å². The molecule has 0 spiro atoms. The number of nitrogens with one attached hydrogen (secondary N) is 3. The van der Waals surface area contributed by atoms with E-state index in [0.29, 0.717) is 24.1 Å². The van der Waals surface area contributed by atoms with Gasteiger partial charge in [-0.2, -0.15) is 0 Å². The lowest BCUT2D eigenvalue weighted by Gasteiger charge is -2.29. The zero-order chi connectivity index (χ0) is 53.9. The molecule has 1 aliphatic rings. The first-order valence-electron chi connectivity index (χ1n) is 26.2. The van der Waals surface area contributed by atoms with Crippen LogP contribution in [0.2, 0.25) is 0 Å². The third kappa shape index (κ3) is 45.7. The lowest BCUT2D eigenvalue weighted by atomic mass is 9.84. The second kappa shape index (κ2) is 55.5. The average Bonchev–Trinajstić information content (AvgIpc) is 3.35. The molecule has 2 aromatic carbocycles. The molecule has 2 aromatic rings. The van der Waals surface area contributed by atoms with Crippen LogP contribution in [0.15, 0.2) is 119 Å². The fourth-order valence-electron chi connectivity index (χ4n) is 6.84. The molecule has 1 saturated carbocycles. The van der Waals surface area contributed by atoms with Gasteiger partial charge in [-0.05, 0) is 136 Å². The van der Waals surface area contributed by atoms with Gasteiger partial charge in [0.1, 0.15) is 0 Å². The zero-order valence-electron chi connectivity index (χ0n) is 48.3. The molecule has 3 N–H and O–H groups in total. The molecule has 68 heavy (non-hydrogen) atoms. The summed E-state index contributed by atoms with van der Waals surface area (Å²) in [6.45, 7) is 57.9. The standard InChI is InChI=1S/C19H27N.C13H22N2.C8H16.C7H15N.C6H14O.C4H4.2C2H6.C2H4/c1-6-9-10-16(4)20(5)19(8-3)15-18-13-11-17(7-2)12-14-18;1-5-11-9-13(15-14-4)7-6-12(11)8-10(2)3;1-7-4-3-5-8(2)6-7;1-5-7(8-4)6(2)3;1-4-5-7-6(2)3;1-3-4-2;3*1-2/h6,8,11-14,19H,1,3-4,7,9-10,15H2,2,5H3;6-7,9-10,14-15H,5,8H2,1-4H3;7-8H,3-6H2,1-2H3;5-8H,1H2,2-4H3;6H,4-5H2,1-3H3;1,4H,2H2;2*1-2H3;1-2H2. The van der Waals surface area contributed by atoms with E-state index in [1.54, 1.807) is 0 Å². The van der Waals surface area contributed by atoms with Gasteiger partial charge in [-0.15, -0.1) is 39.3 Å². The van der Waals surface area contributed by atoms with E-state index in [0.717, 1.165) is 74.3 Å². The Hall–Kier alpha value is -4.08. The van der Waals surface area contributed by atoms with Crippen LogP contribution < -0.4 is 16.2 Å². The zero-order valence-corrected chi connectivity index (χ0v) is 48.3. The smallest absolute Gasteiger partial charge is 0.0518 e. The highest BCUT2D eigenvalue weighted by Gasteiger charge is 2.14. The van der Waals surface area contributed by atoms with Gasteiger partial charge in [-0.1, -0.05) is 177 Å². The lowest BCUT2D eigenvalue weighted by molar-refractivity contribution is 0.0794. The van der Waals surface area contributed by atoms with Crippen LogP contribution in [-0.2, 0) is 30.4 Å². The van der Waals surface area contributed by atoms with Crippen molar-refractivity contribution in [2.75, 3.05) is 33.2 Å². The van der Waals surface area contributed by atoms with Crippen LogP contribution in [0, 0.1) is 36.0 Å². The SMILES string of the molecule is C#CC=C.C=C.C=CC(NC)C(C)C.C=CCCC(=C)N(C)C(C=C)Cc1ccc(CC)cc1.CC.CC.CC1CCCC(C)C1.CCCOC(C)C.CCc1cc(NNC)ccc1CC(C)C. The summed E-state index contributed by atoms with van der Waals surface area (Å²) in [4.78, 5) is 2.23. The fourth-order valence-corrected chi connectivity index (χ4v) is 6.84.